The van der Waals surface area contributed by atoms with Crippen LogP contribution in [0, 0.1) is 0 Å². The molecular weight excluding hydrogens is 206 g/mol. The van der Waals surface area contributed by atoms with Crippen LogP contribution in [0.3, 0.4) is 0 Å². The number of likely N-dealkylation sites (N-methyl/N-ethyl adjacent to an activating group) is 1. The molecule has 0 fully saturated rings. The zero-order chi connectivity index (χ0) is 12.0. The van der Waals surface area contributed by atoms with Crippen LogP contribution in [0.25, 0.3) is 0 Å². The van der Waals surface area contributed by atoms with Crippen LogP contribution >= 0.6 is 0 Å². The van der Waals surface area contributed by atoms with Crippen LogP contribution in [-0.2, 0) is 16.1 Å². The minimum atomic E-state index is -1.12. The highest BCUT2D eigenvalue weighted by molar-refractivity contribution is 5.93. The van der Waals surface area contributed by atoms with Crippen molar-refractivity contribution >= 4 is 11.9 Å². The SMILES string of the molecule is CN(Cc1ccccc1)C(=O)/C=C\C(=O)O. The minimum Gasteiger partial charge on any atom is -0.478 e. The Kier molecular flexibility index (Phi) is 4.27. The van der Waals surface area contributed by atoms with Gasteiger partial charge >= 0.3 is 5.97 Å². The topological polar surface area (TPSA) is 57.6 Å². The highest BCUT2D eigenvalue weighted by Gasteiger charge is 2.05. The molecule has 0 unspecified atom stereocenters. The van der Waals surface area contributed by atoms with Gasteiger partial charge in [0.15, 0.2) is 0 Å². The molecule has 0 aromatic heterocycles. The van der Waals surface area contributed by atoms with E-state index in [4.69, 9.17) is 5.11 Å². The average molecular weight is 219 g/mol. The van der Waals surface area contributed by atoms with Gasteiger partial charge in [-0.15, -0.1) is 0 Å². The molecule has 0 spiro atoms. The highest BCUT2D eigenvalue weighted by atomic mass is 16.4. The third kappa shape index (κ3) is 3.96. The van der Waals surface area contributed by atoms with Crippen LogP contribution in [0.4, 0.5) is 0 Å². The molecule has 16 heavy (non-hydrogen) atoms. The Bertz CT molecular complexity index is 398. The summed E-state index contributed by atoms with van der Waals surface area (Å²) in [4.78, 5) is 23.1. The van der Waals surface area contributed by atoms with Crippen molar-refractivity contribution in [2.24, 2.45) is 0 Å². The average Bonchev–Trinajstić information content (AvgIpc) is 2.27. The molecule has 1 amide bonds. The summed E-state index contributed by atoms with van der Waals surface area (Å²) in [5.41, 5.74) is 1.00. The summed E-state index contributed by atoms with van der Waals surface area (Å²) in [5.74, 6) is -1.45. The van der Waals surface area contributed by atoms with E-state index in [2.05, 4.69) is 0 Å². The maximum Gasteiger partial charge on any atom is 0.328 e. The van der Waals surface area contributed by atoms with E-state index in [1.807, 2.05) is 30.3 Å². The first-order chi connectivity index (χ1) is 7.59. The van der Waals surface area contributed by atoms with Crippen molar-refractivity contribution in [3.05, 3.63) is 48.0 Å². The fourth-order valence-electron chi connectivity index (χ4n) is 1.21. The molecule has 1 aromatic carbocycles. The van der Waals surface area contributed by atoms with Gasteiger partial charge in [-0.3, -0.25) is 4.79 Å². The van der Waals surface area contributed by atoms with Crippen LogP contribution in [0.15, 0.2) is 42.5 Å². The number of hydrogen-bond acceptors (Lipinski definition) is 2. The molecule has 0 atom stereocenters. The third-order valence-electron chi connectivity index (χ3n) is 2.01. The van der Waals surface area contributed by atoms with Gasteiger partial charge in [-0.2, -0.15) is 0 Å². The zero-order valence-electron chi connectivity index (χ0n) is 8.96. The number of carboxylic acid groups (broad SMARTS) is 1. The first-order valence-electron chi connectivity index (χ1n) is 4.79. The number of amides is 1. The second-order valence-electron chi connectivity index (χ2n) is 3.35. The van der Waals surface area contributed by atoms with Crippen molar-refractivity contribution in [1.82, 2.24) is 4.90 Å². The number of carbonyl (C=O) groups excluding carboxylic acids is 1. The molecule has 4 nitrogen and oxygen atoms in total. The number of benzene rings is 1. The van der Waals surface area contributed by atoms with E-state index < -0.39 is 5.97 Å². The number of rotatable bonds is 4. The van der Waals surface area contributed by atoms with Crippen molar-refractivity contribution in [2.75, 3.05) is 7.05 Å². The zero-order valence-corrected chi connectivity index (χ0v) is 8.96. The predicted molar refractivity (Wildman–Crippen MR) is 59.7 cm³/mol. The number of carbonyl (C=O) groups is 2. The quantitative estimate of drug-likeness (QED) is 0.776. The van der Waals surface area contributed by atoms with E-state index in [1.165, 1.54) is 4.90 Å². The Morgan fingerprint density at radius 2 is 1.88 bits per heavy atom. The summed E-state index contributed by atoms with van der Waals surface area (Å²) in [6.07, 6.45) is 1.88. The molecule has 0 bridgehead atoms. The van der Waals surface area contributed by atoms with E-state index in [9.17, 15) is 9.59 Å². The van der Waals surface area contributed by atoms with E-state index in [1.54, 1.807) is 7.05 Å². The monoisotopic (exact) mass is 219 g/mol. The van der Waals surface area contributed by atoms with Gasteiger partial charge in [-0.1, -0.05) is 30.3 Å². The summed E-state index contributed by atoms with van der Waals surface area (Å²) in [6, 6.07) is 9.49. The first-order valence-corrected chi connectivity index (χ1v) is 4.79. The van der Waals surface area contributed by atoms with Gasteiger partial charge in [0.05, 0.1) is 0 Å². The normalized spacial score (nSPS) is 10.3. The third-order valence-corrected chi connectivity index (χ3v) is 2.01. The molecule has 0 saturated heterocycles. The van der Waals surface area contributed by atoms with Gasteiger partial charge in [0.25, 0.3) is 0 Å². The number of aliphatic carboxylic acids is 1. The number of nitrogens with zero attached hydrogens (tertiary/aromatic N) is 1. The first kappa shape index (κ1) is 12.0. The molecular formula is C12H13NO3. The van der Waals surface area contributed by atoms with Crippen molar-refractivity contribution in [2.45, 2.75) is 6.54 Å². The molecule has 0 saturated carbocycles. The van der Waals surface area contributed by atoms with Crippen molar-refractivity contribution in [3.8, 4) is 0 Å². The Morgan fingerprint density at radius 3 is 2.44 bits per heavy atom. The predicted octanol–water partition coefficient (Wildman–Crippen LogP) is 1.29. The molecule has 0 radical (unpaired) electrons. The van der Waals surface area contributed by atoms with Gasteiger partial charge in [0.1, 0.15) is 0 Å². The molecule has 0 aliphatic carbocycles. The fourth-order valence-corrected chi connectivity index (χ4v) is 1.21. The second-order valence-corrected chi connectivity index (χ2v) is 3.35. The molecule has 84 valence electrons. The van der Waals surface area contributed by atoms with Crippen LogP contribution < -0.4 is 0 Å². The number of carboxylic acids is 1. The van der Waals surface area contributed by atoms with Crippen LogP contribution in [-0.4, -0.2) is 28.9 Å². The largest absolute Gasteiger partial charge is 0.478 e. The Labute approximate surface area is 93.8 Å². The van der Waals surface area contributed by atoms with E-state index >= 15 is 0 Å². The Hall–Kier alpha value is -2.10. The molecule has 1 N–H and O–H groups in total. The van der Waals surface area contributed by atoms with Crippen molar-refractivity contribution < 1.29 is 14.7 Å². The van der Waals surface area contributed by atoms with Gasteiger partial charge in [-0.25, -0.2) is 4.79 Å². The lowest BCUT2D eigenvalue weighted by molar-refractivity contribution is -0.132. The van der Waals surface area contributed by atoms with Crippen LogP contribution in [0.2, 0.25) is 0 Å². The molecule has 0 heterocycles. The fraction of sp³-hybridized carbons (Fsp3) is 0.167. The second kappa shape index (κ2) is 5.70. The highest BCUT2D eigenvalue weighted by Crippen LogP contribution is 2.02. The van der Waals surface area contributed by atoms with Gasteiger partial charge in [0.2, 0.25) is 5.91 Å². The summed E-state index contributed by atoms with van der Waals surface area (Å²) in [6.45, 7) is 0.462. The van der Waals surface area contributed by atoms with E-state index in [0.29, 0.717) is 6.54 Å². The smallest absolute Gasteiger partial charge is 0.328 e. The van der Waals surface area contributed by atoms with Gasteiger partial charge < -0.3 is 10.0 Å². The van der Waals surface area contributed by atoms with E-state index in [-0.39, 0.29) is 5.91 Å². The number of hydrogen-bond donors (Lipinski definition) is 1. The van der Waals surface area contributed by atoms with Gasteiger partial charge in [0, 0.05) is 25.7 Å². The standard InChI is InChI=1S/C12H13NO3/c1-13(11(14)7-8-12(15)16)9-10-5-3-2-4-6-10/h2-8H,9H2,1H3,(H,15,16)/b8-7-. The lowest BCUT2D eigenvalue weighted by Crippen LogP contribution is -2.24. The molecule has 0 aliphatic rings. The summed E-state index contributed by atoms with van der Waals surface area (Å²) >= 11 is 0. The van der Waals surface area contributed by atoms with Gasteiger partial charge in [-0.05, 0) is 5.56 Å². The summed E-state index contributed by atoms with van der Waals surface area (Å²) < 4.78 is 0. The Morgan fingerprint density at radius 1 is 1.25 bits per heavy atom. The maximum absolute atomic E-state index is 11.4. The molecule has 0 aliphatic heterocycles. The van der Waals surface area contributed by atoms with Crippen LogP contribution in [0.1, 0.15) is 5.56 Å². The summed E-state index contributed by atoms with van der Waals surface area (Å²) in [7, 11) is 1.63. The van der Waals surface area contributed by atoms with Crippen molar-refractivity contribution in [1.29, 1.82) is 0 Å². The Balaban J connectivity index is 2.56. The maximum atomic E-state index is 11.4. The lowest BCUT2D eigenvalue weighted by Gasteiger charge is -2.14. The van der Waals surface area contributed by atoms with Crippen LogP contribution in [0.5, 0.6) is 0 Å². The molecule has 4 heteroatoms. The molecule has 1 aromatic rings. The summed E-state index contributed by atoms with van der Waals surface area (Å²) in [5, 5.41) is 8.38. The minimum absolute atomic E-state index is 0.328. The molecule has 1 rings (SSSR count). The van der Waals surface area contributed by atoms with Crippen molar-refractivity contribution in [3.63, 3.8) is 0 Å². The lowest BCUT2D eigenvalue weighted by atomic mass is 10.2. The van der Waals surface area contributed by atoms with E-state index in [0.717, 1.165) is 17.7 Å².